The van der Waals surface area contributed by atoms with Crippen LogP contribution in [-0.4, -0.2) is 61.5 Å². The quantitative estimate of drug-likeness (QED) is 0.361. The van der Waals surface area contributed by atoms with Gasteiger partial charge >= 0.3 is 6.18 Å². The minimum Gasteiger partial charge on any atom is -0.383 e. The summed E-state index contributed by atoms with van der Waals surface area (Å²) in [6, 6.07) is 4.89. The van der Waals surface area contributed by atoms with Crippen LogP contribution >= 0.6 is 0 Å². The van der Waals surface area contributed by atoms with Gasteiger partial charge in [0.1, 0.15) is 23.7 Å². The van der Waals surface area contributed by atoms with Crippen LogP contribution in [0.15, 0.2) is 24.3 Å². The molecule has 6 rings (SSSR count). The SMILES string of the molecule is CC(=O)c1nn2c3c(cc(C)cc13)NCCCCCC(=O)CC[C@@]13C[C@@H](C(=O)Cc4nc(C(F)(F)F)ccc4C)N(C(=O)C2)[C@@H]1C3. The highest BCUT2D eigenvalue weighted by Gasteiger charge is 2.66. The van der Waals surface area contributed by atoms with Crippen molar-refractivity contribution in [2.24, 2.45) is 5.41 Å². The van der Waals surface area contributed by atoms with Crippen LogP contribution in [0.2, 0.25) is 0 Å². The number of hydrogen-bond donors (Lipinski definition) is 1. The number of anilines is 1. The highest BCUT2D eigenvalue weighted by atomic mass is 19.4. The van der Waals surface area contributed by atoms with E-state index in [1.165, 1.54) is 17.7 Å². The smallest absolute Gasteiger partial charge is 0.383 e. The largest absolute Gasteiger partial charge is 0.433 e. The Labute approximate surface area is 264 Å². The van der Waals surface area contributed by atoms with Gasteiger partial charge < -0.3 is 10.2 Å². The zero-order chi connectivity index (χ0) is 33.0. The molecule has 3 aromatic rings. The van der Waals surface area contributed by atoms with Crippen LogP contribution < -0.4 is 5.32 Å². The third kappa shape index (κ3) is 6.05. The number of aryl methyl sites for hydroxylation is 2. The van der Waals surface area contributed by atoms with E-state index < -0.39 is 23.3 Å². The first-order valence-corrected chi connectivity index (χ1v) is 15.9. The summed E-state index contributed by atoms with van der Waals surface area (Å²) in [4.78, 5) is 58.9. The average molecular weight is 638 g/mol. The van der Waals surface area contributed by atoms with E-state index in [4.69, 9.17) is 0 Å². The van der Waals surface area contributed by atoms with Gasteiger partial charge in [0, 0.05) is 37.7 Å². The lowest BCUT2D eigenvalue weighted by molar-refractivity contribution is -0.141. The molecule has 4 heterocycles. The Balaban J connectivity index is 1.37. The summed E-state index contributed by atoms with van der Waals surface area (Å²) in [5, 5.41) is 8.65. The van der Waals surface area contributed by atoms with Crippen molar-refractivity contribution in [3.05, 3.63) is 52.5 Å². The van der Waals surface area contributed by atoms with Crippen LogP contribution in [-0.2, 0) is 33.5 Å². The molecule has 3 aliphatic rings. The van der Waals surface area contributed by atoms with Crippen molar-refractivity contribution in [3.8, 4) is 0 Å². The van der Waals surface area contributed by atoms with Gasteiger partial charge in [-0.25, -0.2) is 4.98 Å². The van der Waals surface area contributed by atoms with Gasteiger partial charge in [-0.15, -0.1) is 0 Å². The maximum atomic E-state index is 14.2. The summed E-state index contributed by atoms with van der Waals surface area (Å²) in [5.41, 5.74) is 1.56. The first-order chi connectivity index (χ1) is 21.8. The number of Topliss-reactive ketones (excluding diaryl/α,β-unsaturated/α-hetero) is 3. The van der Waals surface area contributed by atoms with Crippen LogP contribution in [0.4, 0.5) is 18.9 Å². The number of amides is 1. The summed E-state index contributed by atoms with van der Waals surface area (Å²) in [6.07, 6.45) is -0.149. The van der Waals surface area contributed by atoms with E-state index in [9.17, 15) is 32.3 Å². The lowest BCUT2D eigenvalue weighted by atomic mass is 9.90. The molecule has 2 aromatic heterocycles. The molecule has 244 valence electrons. The predicted molar refractivity (Wildman–Crippen MR) is 164 cm³/mol. The number of aromatic nitrogens is 3. The fourth-order valence-electron chi connectivity index (χ4n) is 7.36. The van der Waals surface area contributed by atoms with Gasteiger partial charge in [0.05, 0.1) is 29.4 Å². The number of ketones is 3. The first-order valence-electron chi connectivity index (χ1n) is 15.9. The Morgan fingerprint density at radius 3 is 2.59 bits per heavy atom. The molecular weight excluding hydrogens is 599 g/mol. The molecule has 2 aliphatic heterocycles. The third-order valence-electron chi connectivity index (χ3n) is 9.87. The monoisotopic (exact) mass is 637 g/mol. The van der Waals surface area contributed by atoms with Gasteiger partial charge in [-0.3, -0.25) is 23.9 Å². The third-order valence-corrected chi connectivity index (χ3v) is 9.87. The molecule has 2 fully saturated rings. The van der Waals surface area contributed by atoms with E-state index in [2.05, 4.69) is 15.4 Å². The van der Waals surface area contributed by atoms with Gasteiger partial charge in [0.2, 0.25) is 5.91 Å². The summed E-state index contributed by atoms with van der Waals surface area (Å²) in [6.45, 7) is 5.37. The molecule has 2 bridgehead atoms. The van der Waals surface area contributed by atoms with E-state index in [1.54, 1.807) is 11.8 Å². The topological polar surface area (TPSA) is 114 Å². The highest BCUT2D eigenvalue weighted by Crippen LogP contribution is 2.62. The highest BCUT2D eigenvalue weighted by molar-refractivity contribution is 6.08. The number of benzene rings is 1. The van der Waals surface area contributed by atoms with Gasteiger partial charge in [0.15, 0.2) is 11.6 Å². The number of carbonyl (C=O) groups excluding carboxylic acids is 4. The lowest BCUT2D eigenvalue weighted by Gasteiger charge is -2.27. The average Bonchev–Trinajstić information content (AvgIpc) is 3.40. The minimum absolute atomic E-state index is 0.0294. The fourth-order valence-corrected chi connectivity index (χ4v) is 7.36. The molecule has 0 unspecified atom stereocenters. The Morgan fingerprint density at radius 1 is 1.07 bits per heavy atom. The molecule has 0 spiro atoms. The van der Waals surface area contributed by atoms with Gasteiger partial charge in [-0.1, -0.05) is 12.5 Å². The molecule has 3 atom stereocenters. The molecule has 1 N–H and O–H groups in total. The van der Waals surface area contributed by atoms with Crippen molar-refractivity contribution in [1.29, 1.82) is 0 Å². The maximum Gasteiger partial charge on any atom is 0.433 e. The molecule has 1 saturated heterocycles. The molecule has 1 aliphatic carbocycles. The van der Waals surface area contributed by atoms with Gasteiger partial charge in [0.25, 0.3) is 0 Å². The van der Waals surface area contributed by atoms with Crippen LogP contribution in [0.25, 0.3) is 10.9 Å². The number of nitrogens with zero attached hydrogens (tertiary/aromatic N) is 4. The van der Waals surface area contributed by atoms with E-state index in [0.29, 0.717) is 55.1 Å². The van der Waals surface area contributed by atoms with Crippen molar-refractivity contribution < 1.29 is 32.3 Å². The van der Waals surface area contributed by atoms with E-state index in [1.807, 2.05) is 19.1 Å². The summed E-state index contributed by atoms with van der Waals surface area (Å²) < 4.78 is 41.8. The standard InChI is InChI=1S/C34H38F3N5O4/c1-19-13-23-31(21(3)43)40-41-18-30(46)42-26(27(45)15-24-20(2)8-9-28(39-24)34(35,36)37)16-33(17-29(33)42)11-10-22(44)7-5-4-6-12-38-25(14-19)32(23)41/h8-9,13-14,26,29,38H,4-7,10-12,15-18H2,1-3H3/t26-,29+,33-/m0/s1. The van der Waals surface area contributed by atoms with Crippen molar-refractivity contribution in [2.45, 2.75) is 103 Å². The predicted octanol–water partition coefficient (Wildman–Crippen LogP) is 5.78. The Morgan fingerprint density at radius 2 is 1.85 bits per heavy atom. The number of rotatable bonds is 4. The molecule has 12 heteroatoms. The zero-order valence-corrected chi connectivity index (χ0v) is 26.3. The molecule has 1 amide bonds. The minimum atomic E-state index is -4.66. The molecular formula is C34H38F3N5O4. The van der Waals surface area contributed by atoms with Crippen molar-refractivity contribution >= 4 is 39.8 Å². The van der Waals surface area contributed by atoms with Crippen LogP contribution in [0.3, 0.4) is 0 Å². The van der Waals surface area contributed by atoms with E-state index in [0.717, 1.165) is 36.6 Å². The zero-order valence-electron chi connectivity index (χ0n) is 26.3. The number of alkyl halides is 3. The Kier molecular flexibility index (Phi) is 8.27. The first kappa shape index (κ1) is 31.9. The van der Waals surface area contributed by atoms with Crippen molar-refractivity contribution in [1.82, 2.24) is 19.7 Å². The van der Waals surface area contributed by atoms with Crippen LogP contribution in [0, 0.1) is 19.3 Å². The van der Waals surface area contributed by atoms with Crippen LogP contribution in [0.1, 0.15) is 91.3 Å². The number of carbonyl (C=O) groups is 4. The Bertz CT molecular complexity index is 1750. The van der Waals surface area contributed by atoms with Crippen molar-refractivity contribution in [2.75, 3.05) is 11.9 Å². The molecule has 1 aromatic carbocycles. The second-order valence-electron chi connectivity index (χ2n) is 13.3. The summed E-state index contributed by atoms with van der Waals surface area (Å²) >= 11 is 0. The molecule has 46 heavy (non-hydrogen) atoms. The second kappa shape index (κ2) is 11.9. The number of hydrogen-bond acceptors (Lipinski definition) is 7. The summed E-state index contributed by atoms with van der Waals surface area (Å²) in [5.74, 6) is -0.827. The normalized spacial score (nSPS) is 24.0. The van der Waals surface area contributed by atoms with Crippen LogP contribution in [0.5, 0.6) is 0 Å². The summed E-state index contributed by atoms with van der Waals surface area (Å²) in [7, 11) is 0. The Hall–Kier alpha value is -4.09. The number of halogens is 3. The van der Waals surface area contributed by atoms with Crippen molar-refractivity contribution in [3.63, 3.8) is 0 Å². The fraction of sp³-hybridized carbons (Fsp3) is 0.529. The second-order valence-corrected chi connectivity index (χ2v) is 13.3. The molecule has 1 saturated carbocycles. The van der Waals surface area contributed by atoms with Gasteiger partial charge in [-0.05, 0) is 80.7 Å². The number of nitrogens with one attached hydrogen (secondary N) is 1. The van der Waals surface area contributed by atoms with Gasteiger partial charge in [-0.2, -0.15) is 18.3 Å². The molecule has 9 nitrogen and oxygen atoms in total. The molecule has 0 radical (unpaired) electrons. The van der Waals surface area contributed by atoms with E-state index in [-0.39, 0.29) is 53.7 Å². The maximum absolute atomic E-state index is 14.2. The number of pyridine rings is 1. The van der Waals surface area contributed by atoms with E-state index >= 15 is 0 Å². The lowest BCUT2D eigenvalue weighted by Crippen LogP contribution is -2.45. The number of piperidine rings is 1.